The minimum absolute atomic E-state index is 0.282. The number of aliphatic hydroxyl groups is 1. The standard InChI is InChI=1S/C27H26F4O2/c1-25(2,23-14-19(28)10-12-24(23)33-3)16-26(32,27(29,30)31)15-22-18-9-11-20(21(22)13-18)17-7-5-4-6-8-17/h4-14,22,32H,15-16H2,1-3H3. The second-order valence-corrected chi connectivity index (χ2v) is 9.40. The summed E-state index contributed by atoms with van der Waals surface area (Å²) >= 11 is 0. The highest BCUT2D eigenvalue weighted by Crippen LogP contribution is 2.53. The zero-order chi connectivity index (χ0) is 24.0. The molecule has 2 aromatic rings. The Bertz CT molecular complexity index is 1140. The molecular formula is C27H26F4O2. The van der Waals surface area contributed by atoms with Crippen LogP contribution in [0.1, 0.15) is 37.8 Å². The molecule has 4 rings (SSSR count). The first kappa shape index (κ1) is 23.3. The van der Waals surface area contributed by atoms with Gasteiger partial charge in [-0.15, -0.1) is 0 Å². The van der Waals surface area contributed by atoms with Gasteiger partial charge in [-0.2, -0.15) is 13.2 Å². The first-order valence-corrected chi connectivity index (χ1v) is 10.8. The lowest BCUT2D eigenvalue weighted by Crippen LogP contribution is -2.51. The van der Waals surface area contributed by atoms with Crippen LogP contribution in [-0.4, -0.2) is 24.0 Å². The number of allylic oxidation sites excluding steroid dienone is 6. The number of methoxy groups -OCH3 is 1. The maximum atomic E-state index is 14.3. The summed E-state index contributed by atoms with van der Waals surface area (Å²) in [5.41, 5.74) is -0.552. The van der Waals surface area contributed by atoms with Gasteiger partial charge < -0.3 is 9.84 Å². The number of benzene rings is 2. The Balaban J connectivity index is 1.64. The second-order valence-electron chi connectivity index (χ2n) is 9.40. The average Bonchev–Trinajstić information content (AvgIpc) is 2.77. The Kier molecular flexibility index (Phi) is 5.77. The summed E-state index contributed by atoms with van der Waals surface area (Å²) in [6.45, 7) is 3.13. The van der Waals surface area contributed by atoms with Gasteiger partial charge in [0.15, 0.2) is 5.60 Å². The largest absolute Gasteiger partial charge is 0.496 e. The van der Waals surface area contributed by atoms with E-state index in [9.17, 15) is 22.7 Å². The molecule has 0 amide bonds. The molecule has 6 heteroatoms. The molecule has 0 radical (unpaired) electrons. The molecule has 1 N–H and O–H groups in total. The minimum Gasteiger partial charge on any atom is -0.496 e. The molecule has 2 aliphatic carbocycles. The highest BCUT2D eigenvalue weighted by molar-refractivity contribution is 5.87. The van der Waals surface area contributed by atoms with Crippen LogP contribution < -0.4 is 4.74 Å². The van der Waals surface area contributed by atoms with Crippen LogP contribution >= 0.6 is 0 Å². The Morgan fingerprint density at radius 1 is 1.00 bits per heavy atom. The third-order valence-electron chi connectivity index (χ3n) is 6.63. The Hall–Kier alpha value is -2.86. The van der Waals surface area contributed by atoms with Gasteiger partial charge in [0.25, 0.3) is 0 Å². The van der Waals surface area contributed by atoms with Gasteiger partial charge in [0, 0.05) is 11.5 Å². The van der Waals surface area contributed by atoms with Crippen LogP contribution in [0.5, 0.6) is 5.75 Å². The summed E-state index contributed by atoms with van der Waals surface area (Å²) in [4.78, 5) is 0. The fraction of sp³-hybridized carbons (Fsp3) is 0.333. The monoisotopic (exact) mass is 458 g/mol. The summed E-state index contributed by atoms with van der Waals surface area (Å²) in [5.74, 6) is -0.816. The molecule has 2 nitrogen and oxygen atoms in total. The summed E-state index contributed by atoms with van der Waals surface area (Å²) in [7, 11) is 1.38. The van der Waals surface area contributed by atoms with Crippen molar-refractivity contribution in [3.8, 4) is 5.75 Å². The number of alkyl halides is 3. The van der Waals surface area contributed by atoms with E-state index < -0.39 is 41.8 Å². The molecule has 0 fully saturated rings. The molecule has 2 aliphatic rings. The van der Waals surface area contributed by atoms with E-state index in [4.69, 9.17) is 4.74 Å². The van der Waals surface area contributed by atoms with Gasteiger partial charge in [0.05, 0.1) is 7.11 Å². The number of hydrogen-bond donors (Lipinski definition) is 1. The molecule has 0 saturated carbocycles. The molecule has 33 heavy (non-hydrogen) atoms. The van der Waals surface area contributed by atoms with Crippen LogP contribution in [0.3, 0.4) is 0 Å². The van der Waals surface area contributed by atoms with Crippen LogP contribution in [-0.2, 0) is 5.41 Å². The molecule has 2 unspecified atom stereocenters. The maximum absolute atomic E-state index is 14.3. The molecule has 0 aromatic heterocycles. The molecule has 0 heterocycles. The molecule has 2 atom stereocenters. The van der Waals surface area contributed by atoms with Gasteiger partial charge in [-0.25, -0.2) is 4.39 Å². The third-order valence-corrected chi connectivity index (χ3v) is 6.63. The summed E-state index contributed by atoms with van der Waals surface area (Å²) in [6.07, 6.45) is -0.399. The van der Waals surface area contributed by atoms with Crippen LogP contribution in [0.25, 0.3) is 5.57 Å². The summed E-state index contributed by atoms with van der Waals surface area (Å²) < 4.78 is 62.2. The van der Waals surface area contributed by atoms with Gasteiger partial charge in [-0.1, -0.05) is 62.4 Å². The normalized spacial score (nSPS) is 19.6. The maximum Gasteiger partial charge on any atom is 0.417 e. The topological polar surface area (TPSA) is 29.5 Å². The molecule has 0 spiro atoms. The summed E-state index contributed by atoms with van der Waals surface area (Å²) in [6, 6.07) is 13.2. The Morgan fingerprint density at radius 2 is 1.70 bits per heavy atom. The molecule has 2 aromatic carbocycles. The first-order chi connectivity index (χ1) is 15.4. The highest BCUT2D eigenvalue weighted by atomic mass is 19.4. The van der Waals surface area contributed by atoms with E-state index in [1.54, 1.807) is 13.8 Å². The van der Waals surface area contributed by atoms with Crippen LogP contribution in [0, 0.1) is 11.7 Å². The lowest BCUT2D eigenvalue weighted by Gasteiger charge is -2.44. The fourth-order valence-electron chi connectivity index (χ4n) is 4.94. The number of ether oxygens (including phenoxy) is 1. The van der Waals surface area contributed by atoms with Gasteiger partial charge in [-0.3, -0.25) is 0 Å². The van der Waals surface area contributed by atoms with E-state index in [1.807, 2.05) is 48.6 Å². The van der Waals surface area contributed by atoms with Crippen molar-refractivity contribution < 1.29 is 27.4 Å². The lowest BCUT2D eigenvalue weighted by atomic mass is 9.64. The van der Waals surface area contributed by atoms with E-state index in [1.165, 1.54) is 25.3 Å². The number of rotatable bonds is 7. The third kappa shape index (κ3) is 4.24. The molecule has 0 aliphatic heterocycles. The van der Waals surface area contributed by atoms with E-state index in [0.29, 0.717) is 0 Å². The van der Waals surface area contributed by atoms with E-state index in [2.05, 4.69) is 0 Å². The predicted molar refractivity (Wildman–Crippen MR) is 120 cm³/mol. The van der Waals surface area contributed by atoms with Gasteiger partial charge in [0.1, 0.15) is 11.6 Å². The lowest BCUT2D eigenvalue weighted by molar-refractivity contribution is -0.271. The number of halogens is 4. The highest BCUT2D eigenvalue weighted by Gasteiger charge is 2.58. The van der Waals surface area contributed by atoms with Crippen molar-refractivity contribution in [2.45, 2.75) is 43.9 Å². The molecular weight excluding hydrogens is 432 g/mol. The zero-order valence-electron chi connectivity index (χ0n) is 18.7. The fourth-order valence-corrected chi connectivity index (χ4v) is 4.94. The van der Waals surface area contributed by atoms with Crippen molar-refractivity contribution in [2.24, 2.45) is 5.92 Å². The van der Waals surface area contributed by atoms with Crippen molar-refractivity contribution in [2.75, 3.05) is 7.11 Å². The summed E-state index contributed by atoms with van der Waals surface area (Å²) in [5, 5.41) is 11.1. The average molecular weight is 458 g/mol. The Morgan fingerprint density at radius 3 is 2.30 bits per heavy atom. The molecule has 2 bridgehead atoms. The predicted octanol–water partition coefficient (Wildman–Crippen LogP) is 6.77. The van der Waals surface area contributed by atoms with Crippen LogP contribution in [0.4, 0.5) is 17.6 Å². The molecule has 174 valence electrons. The van der Waals surface area contributed by atoms with Crippen molar-refractivity contribution in [3.63, 3.8) is 0 Å². The SMILES string of the molecule is COc1ccc(F)cc1C(C)(C)CC(O)(CC1c2ccc(-c3ccccc3)c1c2)C(F)(F)F. The van der Waals surface area contributed by atoms with Crippen molar-refractivity contribution in [1.82, 2.24) is 0 Å². The van der Waals surface area contributed by atoms with Crippen LogP contribution in [0.2, 0.25) is 0 Å². The van der Waals surface area contributed by atoms with Crippen molar-refractivity contribution in [3.05, 3.63) is 94.8 Å². The van der Waals surface area contributed by atoms with Gasteiger partial charge >= 0.3 is 6.18 Å². The Labute approximate surface area is 190 Å². The first-order valence-electron chi connectivity index (χ1n) is 10.8. The van der Waals surface area contributed by atoms with E-state index in [0.717, 1.165) is 22.3 Å². The van der Waals surface area contributed by atoms with Gasteiger partial charge in [0.2, 0.25) is 0 Å². The van der Waals surface area contributed by atoms with Crippen molar-refractivity contribution >= 4 is 5.57 Å². The van der Waals surface area contributed by atoms with Gasteiger partial charge in [-0.05, 0) is 58.7 Å². The number of hydrogen-bond acceptors (Lipinski definition) is 2. The van der Waals surface area contributed by atoms with E-state index >= 15 is 0 Å². The molecule has 0 saturated heterocycles. The number of fused-ring (bicyclic) bond motifs is 2. The van der Waals surface area contributed by atoms with Crippen molar-refractivity contribution in [1.29, 1.82) is 0 Å². The second kappa shape index (κ2) is 8.17. The van der Waals surface area contributed by atoms with E-state index in [-0.39, 0.29) is 11.3 Å². The quantitative estimate of drug-likeness (QED) is 0.464. The smallest absolute Gasteiger partial charge is 0.417 e. The van der Waals surface area contributed by atoms with Crippen LogP contribution in [0.15, 0.2) is 77.9 Å². The zero-order valence-corrected chi connectivity index (χ0v) is 18.7. The minimum atomic E-state index is -4.87.